The van der Waals surface area contributed by atoms with Crippen molar-refractivity contribution in [2.24, 2.45) is 11.7 Å². The minimum absolute atomic E-state index is 0.466. The Morgan fingerprint density at radius 1 is 1.38 bits per heavy atom. The number of nitrogens with zero attached hydrogens (tertiary/aromatic N) is 3. The zero-order chi connectivity index (χ0) is 12.0. The zero-order valence-electron chi connectivity index (χ0n) is 10.4. The van der Waals surface area contributed by atoms with Gasteiger partial charge in [-0.15, -0.1) is 10.2 Å². The average Bonchev–Trinajstić information content (AvgIpc) is 2.66. The van der Waals surface area contributed by atoms with Gasteiger partial charge in [0.2, 0.25) is 0 Å². The lowest BCUT2D eigenvalue weighted by atomic mass is 10.1. The molecule has 0 saturated carbocycles. The normalized spacial score (nSPS) is 11.3. The first-order chi connectivity index (χ1) is 7.69. The summed E-state index contributed by atoms with van der Waals surface area (Å²) in [5, 5.41) is 9.26. The standard InChI is InChI=1S/C11H22N4S/c1-4-15-10(8-12)13-14-11(15)16-7-5-6-9(2)3/h9H,4-8,12H2,1-3H3. The summed E-state index contributed by atoms with van der Waals surface area (Å²) >= 11 is 1.78. The Morgan fingerprint density at radius 3 is 2.69 bits per heavy atom. The highest BCUT2D eigenvalue weighted by atomic mass is 32.2. The second-order valence-corrected chi connectivity index (χ2v) is 5.29. The fraction of sp³-hybridized carbons (Fsp3) is 0.818. The number of thioether (sulfide) groups is 1. The van der Waals surface area contributed by atoms with E-state index in [4.69, 9.17) is 5.73 Å². The third kappa shape index (κ3) is 3.79. The largest absolute Gasteiger partial charge is 0.324 e. The fourth-order valence-corrected chi connectivity index (χ4v) is 2.53. The maximum absolute atomic E-state index is 5.60. The lowest BCUT2D eigenvalue weighted by molar-refractivity contribution is 0.578. The van der Waals surface area contributed by atoms with Crippen LogP contribution >= 0.6 is 11.8 Å². The summed E-state index contributed by atoms with van der Waals surface area (Å²) in [6.07, 6.45) is 2.51. The van der Waals surface area contributed by atoms with Crippen LogP contribution in [0.2, 0.25) is 0 Å². The van der Waals surface area contributed by atoms with E-state index in [0.717, 1.165) is 29.2 Å². The first kappa shape index (κ1) is 13.5. The molecular weight excluding hydrogens is 220 g/mol. The van der Waals surface area contributed by atoms with Gasteiger partial charge in [-0.2, -0.15) is 0 Å². The van der Waals surface area contributed by atoms with Gasteiger partial charge in [-0.3, -0.25) is 0 Å². The van der Waals surface area contributed by atoms with Crippen LogP contribution in [0.1, 0.15) is 39.4 Å². The highest BCUT2D eigenvalue weighted by Gasteiger charge is 2.09. The van der Waals surface area contributed by atoms with Crippen molar-refractivity contribution >= 4 is 11.8 Å². The molecule has 1 aromatic rings. The van der Waals surface area contributed by atoms with Crippen LogP contribution in [0.25, 0.3) is 0 Å². The summed E-state index contributed by atoms with van der Waals surface area (Å²) in [6, 6.07) is 0. The Morgan fingerprint density at radius 2 is 2.12 bits per heavy atom. The minimum atomic E-state index is 0.466. The third-order valence-electron chi connectivity index (χ3n) is 2.45. The zero-order valence-corrected chi connectivity index (χ0v) is 11.3. The van der Waals surface area contributed by atoms with Crippen molar-refractivity contribution < 1.29 is 0 Å². The van der Waals surface area contributed by atoms with E-state index in [1.54, 1.807) is 11.8 Å². The number of aromatic nitrogens is 3. The molecule has 0 amide bonds. The lowest BCUT2D eigenvalue weighted by Crippen LogP contribution is -2.08. The Hall–Kier alpha value is -0.550. The Kier molecular flexibility index (Phi) is 5.84. The van der Waals surface area contributed by atoms with Crippen molar-refractivity contribution in [2.75, 3.05) is 5.75 Å². The molecule has 0 aliphatic rings. The van der Waals surface area contributed by atoms with Crippen molar-refractivity contribution in [3.05, 3.63) is 5.82 Å². The second kappa shape index (κ2) is 6.91. The molecule has 5 heteroatoms. The summed E-state index contributed by atoms with van der Waals surface area (Å²) < 4.78 is 2.10. The highest BCUT2D eigenvalue weighted by molar-refractivity contribution is 7.99. The molecule has 1 rings (SSSR count). The summed E-state index contributed by atoms with van der Waals surface area (Å²) in [7, 11) is 0. The van der Waals surface area contributed by atoms with Crippen molar-refractivity contribution in [1.82, 2.24) is 14.8 Å². The van der Waals surface area contributed by atoms with Crippen LogP contribution in [-0.4, -0.2) is 20.5 Å². The molecule has 0 saturated heterocycles. The van der Waals surface area contributed by atoms with Gasteiger partial charge >= 0.3 is 0 Å². The molecule has 2 N–H and O–H groups in total. The van der Waals surface area contributed by atoms with E-state index in [0.29, 0.717) is 6.54 Å². The number of hydrogen-bond acceptors (Lipinski definition) is 4. The van der Waals surface area contributed by atoms with Crippen LogP contribution in [0.4, 0.5) is 0 Å². The van der Waals surface area contributed by atoms with Gasteiger partial charge in [0.15, 0.2) is 5.16 Å². The molecule has 0 fully saturated rings. The van der Waals surface area contributed by atoms with Gasteiger partial charge in [0.25, 0.3) is 0 Å². The van der Waals surface area contributed by atoms with Crippen molar-refractivity contribution in [3.63, 3.8) is 0 Å². The molecule has 1 heterocycles. The second-order valence-electron chi connectivity index (χ2n) is 4.23. The van der Waals surface area contributed by atoms with Crippen LogP contribution < -0.4 is 5.73 Å². The van der Waals surface area contributed by atoms with E-state index in [1.165, 1.54) is 12.8 Å². The molecule has 0 atom stereocenters. The van der Waals surface area contributed by atoms with E-state index in [1.807, 2.05) is 0 Å². The third-order valence-corrected chi connectivity index (χ3v) is 3.50. The fourth-order valence-electron chi connectivity index (χ4n) is 1.55. The van der Waals surface area contributed by atoms with Crippen LogP contribution in [0.3, 0.4) is 0 Å². The smallest absolute Gasteiger partial charge is 0.191 e. The van der Waals surface area contributed by atoms with Crippen molar-refractivity contribution in [1.29, 1.82) is 0 Å². The minimum Gasteiger partial charge on any atom is -0.324 e. The first-order valence-electron chi connectivity index (χ1n) is 5.94. The number of rotatable bonds is 7. The van der Waals surface area contributed by atoms with Gasteiger partial charge in [-0.1, -0.05) is 32.0 Å². The summed E-state index contributed by atoms with van der Waals surface area (Å²) in [5.41, 5.74) is 5.60. The molecule has 0 aliphatic heterocycles. The number of nitrogens with two attached hydrogens (primary N) is 1. The topological polar surface area (TPSA) is 56.7 Å². The Labute approximate surface area is 102 Å². The Balaban J connectivity index is 2.44. The lowest BCUT2D eigenvalue weighted by Gasteiger charge is -2.06. The van der Waals surface area contributed by atoms with E-state index in [-0.39, 0.29) is 0 Å². The average molecular weight is 242 g/mol. The maximum atomic E-state index is 5.60. The molecule has 1 aromatic heterocycles. The van der Waals surface area contributed by atoms with Crippen LogP contribution in [0.15, 0.2) is 5.16 Å². The van der Waals surface area contributed by atoms with Gasteiger partial charge < -0.3 is 10.3 Å². The van der Waals surface area contributed by atoms with E-state index in [2.05, 4.69) is 35.5 Å². The highest BCUT2D eigenvalue weighted by Crippen LogP contribution is 2.19. The van der Waals surface area contributed by atoms with E-state index in [9.17, 15) is 0 Å². The van der Waals surface area contributed by atoms with E-state index < -0.39 is 0 Å². The SMILES string of the molecule is CCn1c(CN)nnc1SCCCC(C)C. The first-order valence-corrected chi connectivity index (χ1v) is 6.92. The molecule has 4 nitrogen and oxygen atoms in total. The molecular formula is C11H22N4S. The van der Waals surface area contributed by atoms with Gasteiger partial charge in [0.1, 0.15) is 5.82 Å². The predicted octanol–water partition coefficient (Wildman–Crippen LogP) is 2.29. The van der Waals surface area contributed by atoms with Gasteiger partial charge in [0.05, 0.1) is 6.54 Å². The monoisotopic (exact) mass is 242 g/mol. The maximum Gasteiger partial charge on any atom is 0.191 e. The van der Waals surface area contributed by atoms with Crippen LogP contribution in [0, 0.1) is 5.92 Å². The molecule has 16 heavy (non-hydrogen) atoms. The Bertz CT molecular complexity index is 309. The molecule has 0 radical (unpaired) electrons. The predicted molar refractivity (Wildman–Crippen MR) is 68.4 cm³/mol. The van der Waals surface area contributed by atoms with Crippen molar-refractivity contribution in [2.45, 2.75) is 51.9 Å². The molecule has 0 unspecified atom stereocenters. The summed E-state index contributed by atoms with van der Waals surface area (Å²) in [6.45, 7) is 7.97. The van der Waals surface area contributed by atoms with Crippen molar-refractivity contribution in [3.8, 4) is 0 Å². The molecule has 0 aliphatic carbocycles. The van der Waals surface area contributed by atoms with Gasteiger partial charge in [-0.05, 0) is 19.3 Å². The molecule has 0 bridgehead atoms. The van der Waals surface area contributed by atoms with Gasteiger partial charge in [-0.25, -0.2) is 0 Å². The summed E-state index contributed by atoms with van der Waals surface area (Å²) in [5.74, 6) is 2.78. The van der Waals surface area contributed by atoms with Crippen LogP contribution in [-0.2, 0) is 13.1 Å². The van der Waals surface area contributed by atoms with E-state index >= 15 is 0 Å². The molecule has 92 valence electrons. The molecule has 0 spiro atoms. The van der Waals surface area contributed by atoms with Crippen LogP contribution in [0.5, 0.6) is 0 Å². The molecule has 0 aromatic carbocycles. The van der Waals surface area contributed by atoms with Gasteiger partial charge in [0, 0.05) is 12.3 Å². The quantitative estimate of drug-likeness (QED) is 0.589. The summed E-state index contributed by atoms with van der Waals surface area (Å²) in [4.78, 5) is 0. The number of hydrogen-bond donors (Lipinski definition) is 1.